The van der Waals surface area contributed by atoms with Crippen LogP contribution in [0.4, 0.5) is 0 Å². The van der Waals surface area contributed by atoms with E-state index in [1.807, 2.05) is 19.1 Å². The molecule has 0 spiro atoms. The van der Waals surface area contributed by atoms with Gasteiger partial charge in [-0.3, -0.25) is 0 Å². The van der Waals surface area contributed by atoms with Gasteiger partial charge in [-0.05, 0) is 61.4 Å². The van der Waals surface area contributed by atoms with Crippen molar-refractivity contribution < 1.29 is 23.5 Å². The molecule has 1 unspecified atom stereocenters. The average molecular weight is 407 g/mol. The maximum atomic E-state index is 12.3. The Morgan fingerprint density at radius 1 is 1.17 bits per heavy atom. The Labute approximate surface area is 175 Å². The molecule has 0 N–H and O–H groups in total. The molecule has 1 aliphatic heterocycles. The molecule has 2 aromatic carbocycles. The average Bonchev–Trinajstić information content (AvgIpc) is 3.37. The monoisotopic (exact) mass is 407 g/mol. The van der Waals surface area contributed by atoms with Crippen LogP contribution in [-0.4, -0.2) is 23.8 Å². The van der Waals surface area contributed by atoms with Gasteiger partial charge in [-0.25, -0.2) is 4.79 Å². The Morgan fingerprint density at radius 2 is 2.00 bits per heavy atom. The second-order valence-corrected chi connectivity index (χ2v) is 7.44. The quantitative estimate of drug-likeness (QED) is 0.377. The van der Waals surface area contributed by atoms with Crippen LogP contribution in [0, 0.1) is 0 Å². The molecule has 0 saturated heterocycles. The normalized spacial score (nSPS) is 14.8. The number of hydrogen-bond acceptors (Lipinski definition) is 6. The van der Waals surface area contributed by atoms with Crippen molar-refractivity contribution in [2.75, 3.05) is 6.61 Å². The van der Waals surface area contributed by atoms with Gasteiger partial charge in [-0.1, -0.05) is 18.5 Å². The topological polar surface area (TPSA) is 70.8 Å². The van der Waals surface area contributed by atoms with Crippen LogP contribution in [0.5, 0.6) is 11.5 Å². The summed E-state index contributed by atoms with van der Waals surface area (Å²) < 4.78 is 22.1. The molecular weight excluding hydrogens is 382 g/mol. The van der Waals surface area contributed by atoms with E-state index in [9.17, 15) is 4.79 Å². The van der Waals surface area contributed by atoms with Crippen molar-refractivity contribution in [2.45, 2.75) is 45.8 Å². The van der Waals surface area contributed by atoms with Crippen molar-refractivity contribution >= 4 is 5.97 Å². The maximum Gasteiger partial charge on any atom is 0.338 e. The number of ether oxygens (including phenoxy) is 3. The van der Waals surface area contributed by atoms with Crippen LogP contribution in [0.3, 0.4) is 0 Å². The van der Waals surface area contributed by atoms with Gasteiger partial charge in [0.2, 0.25) is 0 Å². The lowest BCUT2D eigenvalue weighted by molar-refractivity contribution is 0.0464. The highest BCUT2D eigenvalue weighted by Gasteiger charge is 2.20. The van der Waals surface area contributed by atoms with E-state index < -0.39 is 5.97 Å². The molecule has 2 heterocycles. The Kier molecular flexibility index (Phi) is 6.02. The van der Waals surface area contributed by atoms with Gasteiger partial charge in [-0.15, -0.1) is 0 Å². The number of aromatic nitrogens is 1. The first-order chi connectivity index (χ1) is 14.6. The van der Waals surface area contributed by atoms with Crippen LogP contribution in [-0.2, 0) is 17.8 Å². The number of esters is 1. The lowest BCUT2D eigenvalue weighted by Gasteiger charge is -2.06. The van der Waals surface area contributed by atoms with Crippen LogP contribution in [0.1, 0.15) is 48.3 Å². The molecule has 6 heteroatoms. The second-order valence-electron chi connectivity index (χ2n) is 7.44. The fraction of sp³-hybridized carbons (Fsp3) is 0.333. The van der Waals surface area contributed by atoms with E-state index >= 15 is 0 Å². The third-order valence-electron chi connectivity index (χ3n) is 4.95. The first-order valence-corrected chi connectivity index (χ1v) is 10.3. The molecule has 30 heavy (non-hydrogen) atoms. The van der Waals surface area contributed by atoms with Crippen molar-refractivity contribution in [2.24, 2.45) is 0 Å². The molecule has 1 aliphatic rings. The van der Waals surface area contributed by atoms with E-state index in [-0.39, 0.29) is 12.7 Å². The van der Waals surface area contributed by atoms with E-state index in [2.05, 4.69) is 18.1 Å². The minimum absolute atomic E-state index is 0.0438. The molecule has 0 radical (unpaired) electrons. The number of unbranched alkanes of at least 4 members (excludes halogenated alkanes) is 1. The highest BCUT2D eigenvalue weighted by atomic mass is 16.5. The van der Waals surface area contributed by atoms with E-state index in [1.54, 1.807) is 30.3 Å². The third-order valence-corrected chi connectivity index (χ3v) is 4.95. The Bertz CT molecular complexity index is 1010. The Morgan fingerprint density at radius 3 is 2.80 bits per heavy atom. The first-order valence-electron chi connectivity index (χ1n) is 10.3. The minimum Gasteiger partial charge on any atom is -0.494 e. The molecular formula is C24H25NO5. The summed E-state index contributed by atoms with van der Waals surface area (Å²) >= 11 is 0. The van der Waals surface area contributed by atoms with E-state index in [0.29, 0.717) is 23.6 Å². The third kappa shape index (κ3) is 4.64. The molecule has 0 saturated carbocycles. The summed E-state index contributed by atoms with van der Waals surface area (Å²) in [6, 6.07) is 14.7. The maximum absolute atomic E-state index is 12.3. The van der Waals surface area contributed by atoms with Crippen molar-refractivity contribution in [3.8, 4) is 22.8 Å². The molecule has 0 fully saturated rings. The molecule has 0 aliphatic carbocycles. The molecule has 1 atom stereocenters. The summed E-state index contributed by atoms with van der Waals surface area (Å²) in [5.41, 5.74) is 3.11. The van der Waals surface area contributed by atoms with Gasteiger partial charge in [0, 0.05) is 18.1 Å². The number of carbonyl (C=O) groups is 1. The predicted octanol–water partition coefficient (Wildman–Crippen LogP) is 5.20. The largest absolute Gasteiger partial charge is 0.494 e. The highest BCUT2D eigenvalue weighted by Crippen LogP contribution is 2.33. The zero-order valence-corrected chi connectivity index (χ0v) is 17.2. The van der Waals surface area contributed by atoms with Gasteiger partial charge in [0.05, 0.1) is 12.2 Å². The predicted molar refractivity (Wildman–Crippen MR) is 112 cm³/mol. The van der Waals surface area contributed by atoms with Crippen LogP contribution in [0.2, 0.25) is 0 Å². The smallest absolute Gasteiger partial charge is 0.338 e. The van der Waals surface area contributed by atoms with Crippen LogP contribution in [0.15, 0.2) is 53.1 Å². The van der Waals surface area contributed by atoms with E-state index in [4.69, 9.17) is 18.7 Å². The Balaban J connectivity index is 1.33. The van der Waals surface area contributed by atoms with Crippen molar-refractivity contribution in [3.05, 3.63) is 65.4 Å². The molecule has 0 bridgehead atoms. The summed E-state index contributed by atoms with van der Waals surface area (Å²) in [5, 5.41) is 4.02. The number of rotatable bonds is 8. The first kappa shape index (κ1) is 20.0. The highest BCUT2D eigenvalue weighted by molar-refractivity contribution is 5.89. The fourth-order valence-corrected chi connectivity index (χ4v) is 3.34. The van der Waals surface area contributed by atoms with Gasteiger partial charge >= 0.3 is 5.97 Å². The van der Waals surface area contributed by atoms with Gasteiger partial charge < -0.3 is 18.7 Å². The molecule has 4 rings (SSSR count). The summed E-state index contributed by atoms with van der Waals surface area (Å²) in [6.07, 6.45) is 3.15. The molecule has 0 amide bonds. The standard InChI is InChI=1S/C24H25NO5/c1-3-4-11-27-21-8-5-17(6-9-21)24(26)28-15-20-14-23(30-25-20)18-7-10-22-19(13-18)12-16(2)29-22/h5-10,13-14,16H,3-4,11-12,15H2,1-2H3. The lowest BCUT2D eigenvalue weighted by atomic mass is 10.1. The summed E-state index contributed by atoms with van der Waals surface area (Å²) in [5.74, 6) is 1.89. The van der Waals surface area contributed by atoms with Crippen LogP contribution >= 0.6 is 0 Å². The van der Waals surface area contributed by atoms with Crippen molar-refractivity contribution in [1.82, 2.24) is 5.16 Å². The van der Waals surface area contributed by atoms with Crippen molar-refractivity contribution in [1.29, 1.82) is 0 Å². The van der Waals surface area contributed by atoms with Gasteiger partial charge in [0.25, 0.3) is 0 Å². The summed E-state index contributed by atoms with van der Waals surface area (Å²) in [6.45, 7) is 4.88. The van der Waals surface area contributed by atoms with E-state index in [1.165, 1.54) is 0 Å². The minimum atomic E-state index is -0.414. The SMILES string of the molecule is CCCCOc1ccc(C(=O)OCc2cc(-c3ccc4c(c3)CC(C)O4)on2)cc1. The van der Waals surface area contributed by atoms with Crippen LogP contribution < -0.4 is 9.47 Å². The second kappa shape index (κ2) is 9.03. The number of hydrogen-bond donors (Lipinski definition) is 0. The molecule has 3 aromatic rings. The Hall–Kier alpha value is -3.28. The fourth-order valence-electron chi connectivity index (χ4n) is 3.34. The molecule has 1 aromatic heterocycles. The van der Waals surface area contributed by atoms with E-state index in [0.717, 1.165) is 41.9 Å². The zero-order valence-electron chi connectivity index (χ0n) is 17.2. The number of fused-ring (bicyclic) bond motifs is 1. The molecule has 6 nitrogen and oxygen atoms in total. The molecule has 156 valence electrons. The zero-order chi connectivity index (χ0) is 20.9. The summed E-state index contributed by atoms with van der Waals surface area (Å²) in [4.78, 5) is 12.3. The summed E-state index contributed by atoms with van der Waals surface area (Å²) in [7, 11) is 0. The number of carbonyl (C=O) groups excluding carboxylic acids is 1. The number of benzene rings is 2. The number of nitrogens with zero attached hydrogens (tertiary/aromatic N) is 1. The lowest BCUT2D eigenvalue weighted by Crippen LogP contribution is -2.05. The van der Waals surface area contributed by atoms with Gasteiger partial charge in [0.1, 0.15) is 29.9 Å². The van der Waals surface area contributed by atoms with Crippen molar-refractivity contribution in [3.63, 3.8) is 0 Å². The van der Waals surface area contributed by atoms with Gasteiger partial charge in [-0.2, -0.15) is 0 Å². The van der Waals surface area contributed by atoms with Gasteiger partial charge in [0.15, 0.2) is 5.76 Å². The van der Waals surface area contributed by atoms with Crippen LogP contribution in [0.25, 0.3) is 11.3 Å².